The summed E-state index contributed by atoms with van der Waals surface area (Å²) in [7, 11) is -2.30. The van der Waals surface area contributed by atoms with Gasteiger partial charge in [-0.1, -0.05) is 73.0 Å². The number of ether oxygens (including phenoxy) is 1. The van der Waals surface area contributed by atoms with E-state index in [4.69, 9.17) is 4.74 Å². The molecule has 0 bridgehead atoms. The van der Waals surface area contributed by atoms with Crippen LogP contribution in [0.15, 0.2) is 78.9 Å². The molecule has 8 nitrogen and oxygen atoms in total. The molecular weight excluding hydrogens is 538 g/mol. The Morgan fingerprint density at radius 2 is 1.61 bits per heavy atom. The number of benzene rings is 3. The lowest BCUT2D eigenvalue weighted by atomic mass is 10.0. The van der Waals surface area contributed by atoms with Gasteiger partial charge < -0.3 is 15.0 Å². The molecule has 0 unspecified atom stereocenters. The fraction of sp³-hybridized carbons (Fsp3) is 0.375. The maximum atomic E-state index is 14.2. The second-order valence-electron chi connectivity index (χ2n) is 10.7. The first-order valence-electron chi connectivity index (χ1n) is 13.9. The van der Waals surface area contributed by atoms with Gasteiger partial charge in [-0.15, -0.1) is 0 Å². The number of anilines is 1. The highest BCUT2D eigenvalue weighted by Crippen LogP contribution is 2.24. The molecule has 1 saturated carbocycles. The summed E-state index contributed by atoms with van der Waals surface area (Å²) >= 11 is 0. The Labute approximate surface area is 243 Å². The Balaban J connectivity index is 1.71. The molecule has 1 N–H and O–H groups in total. The van der Waals surface area contributed by atoms with Gasteiger partial charge in [-0.25, -0.2) is 8.42 Å². The zero-order chi connectivity index (χ0) is 29.4. The van der Waals surface area contributed by atoms with E-state index in [2.05, 4.69) is 5.32 Å². The van der Waals surface area contributed by atoms with Crippen molar-refractivity contribution in [1.82, 2.24) is 10.2 Å². The predicted molar refractivity (Wildman–Crippen MR) is 161 cm³/mol. The van der Waals surface area contributed by atoms with E-state index in [0.717, 1.165) is 52.9 Å². The number of methoxy groups -OCH3 is 1. The van der Waals surface area contributed by atoms with Gasteiger partial charge >= 0.3 is 0 Å². The first-order valence-corrected chi connectivity index (χ1v) is 15.8. The van der Waals surface area contributed by atoms with E-state index in [0.29, 0.717) is 17.9 Å². The van der Waals surface area contributed by atoms with Gasteiger partial charge in [0.2, 0.25) is 21.8 Å². The molecule has 0 heterocycles. The van der Waals surface area contributed by atoms with Crippen molar-refractivity contribution in [1.29, 1.82) is 0 Å². The number of aryl methyl sites for hydroxylation is 1. The number of nitrogens with one attached hydrogen (secondary N) is 1. The number of hydrogen-bond acceptors (Lipinski definition) is 5. The zero-order valence-electron chi connectivity index (χ0n) is 24.0. The molecular formula is C32H39N3O5S. The molecule has 4 rings (SSSR count). The van der Waals surface area contributed by atoms with Crippen LogP contribution in [0, 0.1) is 6.92 Å². The number of carbonyl (C=O) groups excluding carboxylic acids is 2. The van der Waals surface area contributed by atoms with E-state index < -0.39 is 28.5 Å². The smallest absolute Gasteiger partial charge is 0.244 e. The van der Waals surface area contributed by atoms with Crippen LogP contribution in [-0.2, 0) is 32.6 Å². The fourth-order valence-electron chi connectivity index (χ4n) is 5.29. The van der Waals surface area contributed by atoms with Crippen LogP contribution in [0.1, 0.15) is 42.4 Å². The van der Waals surface area contributed by atoms with Gasteiger partial charge in [-0.05, 0) is 55.2 Å². The number of nitrogens with zero attached hydrogens (tertiary/aromatic N) is 2. The van der Waals surface area contributed by atoms with E-state index >= 15 is 0 Å². The lowest BCUT2D eigenvalue weighted by Crippen LogP contribution is -2.54. The second-order valence-corrected chi connectivity index (χ2v) is 12.6. The van der Waals surface area contributed by atoms with Crippen molar-refractivity contribution >= 4 is 27.5 Å². The Kier molecular flexibility index (Phi) is 10.0. The molecule has 0 radical (unpaired) electrons. The van der Waals surface area contributed by atoms with Gasteiger partial charge in [-0.3, -0.25) is 13.9 Å². The first-order chi connectivity index (χ1) is 19.6. The highest BCUT2D eigenvalue weighted by atomic mass is 32.2. The third-order valence-electron chi connectivity index (χ3n) is 7.45. The Bertz CT molecular complexity index is 1420. The van der Waals surface area contributed by atoms with Crippen molar-refractivity contribution in [3.05, 3.63) is 95.6 Å². The van der Waals surface area contributed by atoms with Crippen LogP contribution in [0.4, 0.5) is 5.69 Å². The van der Waals surface area contributed by atoms with Gasteiger partial charge in [0.1, 0.15) is 18.3 Å². The second kappa shape index (κ2) is 13.7. The zero-order valence-corrected chi connectivity index (χ0v) is 24.8. The highest BCUT2D eigenvalue weighted by Gasteiger charge is 2.34. The number of amides is 2. The van der Waals surface area contributed by atoms with Crippen molar-refractivity contribution in [2.75, 3.05) is 24.2 Å². The molecule has 1 aliphatic carbocycles. The fourth-order valence-corrected chi connectivity index (χ4v) is 6.14. The molecule has 2 amide bonds. The molecule has 3 aromatic carbocycles. The lowest BCUT2D eigenvalue weighted by Gasteiger charge is -2.34. The highest BCUT2D eigenvalue weighted by molar-refractivity contribution is 7.92. The lowest BCUT2D eigenvalue weighted by molar-refractivity contribution is -0.140. The van der Waals surface area contributed by atoms with E-state index in [1.165, 1.54) is 12.0 Å². The van der Waals surface area contributed by atoms with E-state index in [-0.39, 0.29) is 18.5 Å². The van der Waals surface area contributed by atoms with Crippen molar-refractivity contribution in [2.45, 2.75) is 57.7 Å². The summed E-state index contributed by atoms with van der Waals surface area (Å²) in [5.74, 6) is -0.117. The SMILES string of the molecule is COc1ccc(N(CC(=O)N(Cc2cccc(C)c2)[C@H](Cc2ccccc2)C(=O)NC2CCCC2)S(C)(=O)=O)cc1. The van der Waals surface area contributed by atoms with Crippen LogP contribution < -0.4 is 14.4 Å². The molecule has 1 fully saturated rings. The minimum atomic E-state index is -3.82. The Hall–Kier alpha value is -3.85. The maximum absolute atomic E-state index is 14.2. The van der Waals surface area contributed by atoms with Gasteiger partial charge in [0.25, 0.3) is 0 Å². The predicted octanol–water partition coefficient (Wildman–Crippen LogP) is 4.47. The number of hydrogen-bond donors (Lipinski definition) is 1. The van der Waals surface area contributed by atoms with Gasteiger partial charge in [0, 0.05) is 19.0 Å². The molecule has 3 aromatic rings. The van der Waals surface area contributed by atoms with Gasteiger partial charge in [0.15, 0.2) is 0 Å². The minimum absolute atomic E-state index is 0.0727. The van der Waals surface area contributed by atoms with Crippen LogP contribution in [-0.4, -0.2) is 57.1 Å². The molecule has 0 spiro atoms. The molecule has 0 aliphatic heterocycles. The summed E-state index contributed by atoms with van der Waals surface area (Å²) in [6.45, 7) is 1.69. The molecule has 41 heavy (non-hydrogen) atoms. The van der Waals surface area contributed by atoms with Crippen molar-refractivity contribution in [3.8, 4) is 5.75 Å². The topological polar surface area (TPSA) is 96.0 Å². The summed E-state index contributed by atoms with van der Waals surface area (Å²) < 4.78 is 32.1. The van der Waals surface area contributed by atoms with Crippen LogP contribution >= 0.6 is 0 Å². The van der Waals surface area contributed by atoms with Crippen molar-refractivity contribution in [2.24, 2.45) is 0 Å². The maximum Gasteiger partial charge on any atom is 0.244 e. The van der Waals surface area contributed by atoms with E-state index in [1.807, 2.05) is 61.5 Å². The average Bonchev–Trinajstić information content (AvgIpc) is 3.46. The minimum Gasteiger partial charge on any atom is -0.497 e. The standard InChI is InChI=1S/C32H39N3O5S/c1-24-10-9-13-26(20-24)22-34(31(36)23-35(41(3,38)39)28-16-18-29(40-2)19-17-28)30(21-25-11-5-4-6-12-25)32(37)33-27-14-7-8-15-27/h4-6,9-13,16-20,27,30H,7-8,14-15,21-23H2,1-3H3,(H,33,37)/t30-/m1/s1. The summed E-state index contributed by atoms with van der Waals surface area (Å²) in [5, 5.41) is 3.18. The summed E-state index contributed by atoms with van der Waals surface area (Å²) in [4.78, 5) is 29.6. The molecule has 9 heteroatoms. The third-order valence-corrected chi connectivity index (χ3v) is 8.59. The molecule has 0 aromatic heterocycles. The van der Waals surface area contributed by atoms with Crippen molar-refractivity contribution < 1.29 is 22.7 Å². The summed E-state index contributed by atoms with van der Waals surface area (Å²) in [6, 6.07) is 23.1. The Morgan fingerprint density at radius 1 is 0.951 bits per heavy atom. The van der Waals surface area contributed by atoms with Crippen LogP contribution in [0.2, 0.25) is 0 Å². The first kappa shape index (κ1) is 30.1. The molecule has 0 saturated heterocycles. The van der Waals surface area contributed by atoms with Gasteiger partial charge in [0.05, 0.1) is 19.1 Å². The summed E-state index contributed by atoms with van der Waals surface area (Å²) in [5.41, 5.74) is 3.14. The average molecular weight is 578 g/mol. The van der Waals surface area contributed by atoms with E-state index in [1.54, 1.807) is 24.3 Å². The quantitative estimate of drug-likeness (QED) is 0.343. The molecule has 218 valence electrons. The van der Waals surface area contributed by atoms with Crippen LogP contribution in [0.25, 0.3) is 0 Å². The Morgan fingerprint density at radius 3 is 2.22 bits per heavy atom. The monoisotopic (exact) mass is 577 g/mol. The largest absolute Gasteiger partial charge is 0.497 e. The van der Waals surface area contributed by atoms with E-state index in [9.17, 15) is 18.0 Å². The third kappa shape index (κ3) is 8.33. The molecule has 1 aliphatic rings. The summed E-state index contributed by atoms with van der Waals surface area (Å²) in [6.07, 6.45) is 5.32. The molecule has 1 atom stereocenters. The number of sulfonamides is 1. The number of carbonyl (C=O) groups is 2. The number of rotatable bonds is 12. The normalized spacial score (nSPS) is 14.3. The van der Waals surface area contributed by atoms with Crippen LogP contribution in [0.5, 0.6) is 5.75 Å². The van der Waals surface area contributed by atoms with Crippen LogP contribution in [0.3, 0.4) is 0 Å². The van der Waals surface area contributed by atoms with Gasteiger partial charge in [-0.2, -0.15) is 0 Å². The van der Waals surface area contributed by atoms with Crippen molar-refractivity contribution in [3.63, 3.8) is 0 Å².